The van der Waals surface area contributed by atoms with E-state index in [1.807, 2.05) is 0 Å². The number of carbonyl (C=O) groups excluding carboxylic acids is 1. The van der Waals surface area contributed by atoms with Gasteiger partial charge < -0.3 is 4.74 Å². The Hall–Kier alpha value is -1.40. The molecule has 0 fully saturated rings. The quantitative estimate of drug-likeness (QED) is 0.617. The Morgan fingerprint density at radius 2 is 1.80 bits per heavy atom. The second-order valence-corrected chi connectivity index (χ2v) is 4.00. The molecule has 0 aliphatic carbocycles. The van der Waals surface area contributed by atoms with E-state index in [4.69, 9.17) is 9.35 Å². The van der Waals surface area contributed by atoms with Gasteiger partial charge in [-0.25, -0.2) is 0 Å². The van der Waals surface area contributed by atoms with Crippen molar-refractivity contribution in [1.29, 1.82) is 0 Å². The minimum atomic E-state index is -3.88. The van der Waals surface area contributed by atoms with Gasteiger partial charge in [0.1, 0.15) is 5.75 Å². The minimum absolute atomic E-state index is 0.312. The van der Waals surface area contributed by atoms with Gasteiger partial charge >= 0.3 is 0 Å². The van der Waals surface area contributed by atoms with E-state index in [1.165, 1.54) is 7.11 Å². The fourth-order valence-electron chi connectivity index (χ4n) is 0.785. The van der Waals surface area contributed by atoms with E-state index >= 15 is 0 Å². The molecule has 1 N–H and O–H groups in total. The van der Waals surface area contributed by atoms with Crippen molar-refractivity contribution < 1.29 is 22.5 Å². The molecule has 0 aliphatic heterocycles. The molecule has 0 saturated heterocycles. The molecular formula is C9H12O5S. The van der Waals surface area contributed by atoms with Crippen molar-refractivity contribution in [3.8, 4) is 0 Å². The van der Waals surface area contributed by atoms with Crippen molar-refractivity contribution >= 4 is 16.6 Å². The molecule has 1 aromatic rings. The van der Waals surface area contributed by atoms with Gasteiger partial charge in [-0.05, 0) is 5.56 Å². The maximum atomic E-state index is 10.4. The van der Waals surface area contributed by atoms with Crippen molar-refractivity contribution in [2.45, 2.75) is 5.75 Å². The monoisotopic (exact) mass is 232 g/mol. The Morgan fingerprint density at radius 1 is 1.33 bits per heavy atom. The molecule has 1 aromatic carbocycles. The molecule has 1 rings (SSSR count). The fraction of sp³-hybridized carbons (Fsp3) is 0.222. The zero-order valence-corrected chi connectivity index (χ0v) is 8.98. The van der Waals surface area contributed by atoms with Crippen LogP contribution in [-0.4, -0.2) is 26.6 Å². The van der Waals surface area contributed by atoms with E-state index < -0.39 is 10.1 Å². The smallest absolute Gasteiger partial charge is 0.292 e. The molecule has 5 nitrogen and oxygen atoms in total. The number of benzene rings is 1. The lowest BCUT2D eigenvalue weighted by Crippen LogP contribution is -2.00. The van der Waals surface area contributed by atoms with Crippen LogP contribution in [0.5, 0.6) is 0 Å². The summed E-state index contributed by atoms with van der Waals surface area (Å²) in [4.78, 5) is 8.95. The Bertz CT molecular complexity index is 371. The fourth-order valence-corrected chi connectivity index (χ4v) is 1.40. The zero-order chi connectivity index (χ0) is 11.7. The molecule has 84 valence electrons. The predicted molar refractivity (Wildman–Crippen MR) is 54.8 cm³/mol. The van der Waals surface area contributed by atoms with Crippen LogP contribution >= 0.6 is 0 Å². The molecule has 0 radical (unpaired) electrons. The highest BCUT2D eigenvalue weighted by atomic mass is 32.2. The van der Waals surface area contributed by atoms with E-state index in [2.05, 4.69) is 4.74 Å². The van der Waals surface area contributed by atoms with Crippen LogP contribution in [0.4, 0.5) is 0 Å². The lowest BCUT2D eigenvalue weighted by atomic mass is 10.2. The number of carbonyl (C=O) groups is 1. The Labute approximate surface area is 88.4 Å². The summed E-state index contributed by atoms with van der Waals surface area (Å²) in [7, 11) is -2.56. The largest absolute Gasteiger partial charge is 0.471 e. The number of hydrogen-bond donors (Lipinski definition) is 1. The number of hydrogen-bond acceptors (Lipinski definition) is 4. The first-order chi connectivity index (χ1) is 6.99. The van der Waals surface area contributed by atoms with Crippen LogP contribution in [-0.2, 0) is 25.4 Å². The summed E-state index contributed by atoms with van der Waals surface area (Å²) >= 11 is 0. The third-order valence-corrected chi connectivity index (χ3v) is 1.99. The number of methoxy groups -OCH3 is 1. The topological polar surface area (TPSA) is 80.7 Å². The maximum absolute atomic E-state index is 10.4. The average Bonchev–Trinajstić information content (AvgIpc) is 2.17. The molecule has 6 heteroatoms. The van der Waals surface area contributed by atoms with Crippen LogP contribution in [0, 0.1) is 0 Å². The molecule has 0 saturated carbocycles. The molecule has 0 aromatic heterocycles. The third-order valence-electron chi connectivity index (χ3n) is 1.29. The van der Waals surface area contributed by atoms with E-state index in [0.717, 1.165) is 0 Å². The molecule has 15 heavy (non-hydrogen) atoms. The Balaban J connectivity index is 0.000000423. The van der Waals surface area contributed by atoms with E-state index in [0.29, 0.717) is 12.0 Å². The van der Waals surface area contributed by atoms with E-state index in [1.54, 1.807) is 30.3 Å². The van der Waals surface area contributed by atoms with Crippen molar-refractivity contribution in [1.82, 2.24) is 0 Å². The SMILES string of the molecule is COC=O.O=S(=O)(O)Cc1ccccc1. The van der Waals surface area contributed by atoms with Gasteiger partial charge in [0.15, 0.2) is 0 Å². The number of ether oxygens (including phenoxy) is 1. The zero-order valence-electron chi connectivity index (χ0n) is 8.16. The van der Waals surface area contributed by atoms with Gasteiger partial charge in [-0.15, -0.1) is 0 Å². The maximum Gasteiger partial charge on any atom is 0.292 e. The highest BCUT2D eigenvalue weighted by Gasteiger charge is 2.04. The lowest BCUT2D eigenvalue weighted by Gasteiger charge is -1.95. The van der Waals surface area contributed by atoms with Gasteiger partial charge in [-0.3, -0.25) is 9.35 Å². The predicted octanol–water partition coefficient (Wildman–Crippen LogP) is 0.864. The van der Waals surface area contributed by atoms with Crippen molar-refractivity contribution in [3.05, 3.63) is 35.9 Å². The highest BCUT2D eigenvalue weighted by Crippen LogP contribution is 2.02. The first-order valence-electron chi connectivity index (χ1n) is 3.95. The highest BCUT2D eigenvalue weighted by molar-refractivity contribution is 7.85. The van der Waals surface area contributed by atoms with Crippen LogP contribution in [0.2, 0.25) is 0 Å². The van der Waals surface area contributed by atoms with Gasteiger partial charge in [0.2, 0.25) is 0 Å². The molecule has 0 atom stereocenters. The van der Waals surface area contributed by atoms with Crippen LogP contribution < -0.4 is 0 Å². The summed E-state index contributed by atoms with van der Waals surface area (Å²) in [6.45, 7) is 0.375. The van der Waals surface area contributed by atoms with Crippen molar-refractivity contribution in [2.24, 2.45) is 0 Å². The summed E-state index contributed by atoms with van der Waals surface area (Å²) in [5, 5.41) is 0. The summed E-state index contributed by atoms with van der Waals surface area (Å²) < 4.78 is 33.0. The first-order valence-corrected chi connectivity index (χ1v) is 5.56. The molecule has 0 aliphatic rings. The second-order valence-electron chi connectivity index (χ2n) is 2.54. The standard InChI is InChI=1S/C7H8O3S.C2H4O2/c8-11(9,10)6-7-4-2-1-3-5-7;1-4-2-3/h1-5H,6H2,(H,8,9,10);2H,1H3. The third kappa shape index (κ3) is 8.92. The summed E-state index contributed by atoms with van der Waals surface area (Å²) in [5.41, 5.74) is 0.593. The van der Waals surface area contributed by atoms with Crippen molar-refractivity contribution in [3.63, 3.8) is 0 Å². The normalized spacial score (nSPS) is 9.73. The summed E-state index contributed by atoms with van der Waals surface area (Å²) in [6.07, 6.45) is 0. The Kier molecular flexibility index (Phi) is 6.32. The molecule has 0 unspecified atom stereocenters. The van der Waals surface area contributed by atoms with Crippen LogP contribution in [0.15, 0.2) is 30.3 Å². The molecule has 0 heterocycles. The molecule has 0 amide bonds. The molecular weight excluding hydrogens is 220 g/mol. The Morgan fingerprint density at radius 3 is 2.13 bits per heavy atom. The van der Waals surface area contributed by atoms with Crippen LogP contribution in [0.3, 0.4) is 0 Å². The molecule has 0 spiro atoms. The molecule has 0 bridgehead atoms. The van der Waals surface area contributed by atoms with Gasteiger partial charge in [0, 0.05) is 0 Å². The summed E-state index contributed by atoms with van der Waals surface area (Å²) in [5.74, 6) is -0.312. The van der Waals surface area contributed by atoms with Crippen LogP contribution in [0.25, 0.3) is 0 Å². The van der Waals surface area contributed by atoms with E-state index in [-0.39, 0.29) is 5.75 Å². The van der Waals surface area contributed by atoms with Gasteiger partial charge in [0.05, 0.1) is 7.11 Å². The van der Waals surface area contributed by atoms with Gasteiger partial charge in [0.25, 0.3) is 16.6 Å². The minimum Gasteiger partial charge on any atom is -0.471 e. The number of rotatable bonds is 3. The average molecular weight is 232 g/mol. The van der Waals surface area contributed by atoms with Gasteiger partial charge in [-0.1, -0.05) is 30.3 Å². The van der Waals surface area contributed by atoms with E-state index in [9.17, 15) is 8.42 Å². The van der Waals surface area contributed by atoms with Crippen molar-refractivity contribution in [2.75, 3.05) is 7.11 Å². The van der Waals surface area contributed by atoms with Crippen LogP contribution in [0.1, 0.15) is 5.56 Å². The van der Waals surface area contributed by atoms with Gasteiger partial charge in [-0.2, -0.15) is 8.42 Å². The first kappa shape index (κ1) is 13.6. The second kappa shape index (κ2) is 6.97. The summed E-state index contributed by atoms with van der Waals surface area (Å²) in [6, 6.07) is 8.52. The lowest BCUT2D eigenvalue weighted by molar-refractivity contribution is -0.126.